The second kappa shape index (κ2) is 3.40. The van der Waals surface area contributed by atoms with Crippen LogP contribution >= 0.6 is 0 Å². The van der Waals surface area contributed by atoms with Crippen LogP contribution in [0.2, 0.25) is 0 Å². The molecule has 0 N–H and O–H groups in total. The van der Waals surface area contributed by atoms with Crippen molar-refractivity contribution in [2.45, 2.75) is 25.7 Å². The smallest absolute Gasteiger partial charge is 0.316 e. The highest BCUT2D eigenvalue weighted by molar-refractivity contribution is 6.04. The zero-order chi connectivity index (χ0) is 10.1. The Morgan fingerprint density at radius 3 is 2.69 bits per heavy atom. The molecule has 0 aromatic carbocycles. The number of hydrogen-bond donors (Lipinski definition) is 0. The Bertz CT molecular complexity index is 238. The van der Waals surface area contributed by atoms with E-state index in [0.717, 1.165) is 0 Å². The molecule has 0 radical (unpaired) electrons. The first-order chi connectivity index (χ1) is 5.99. The van der Waals surface area contributed by atoms with Gasteiger partial charge in [0.2, 0.25) is 5.78 Å². The van der Waals surface area contributed by atoms with E-state index in [2.05, 4.69) is 4.74 Å². The van der Waals surface area contributed by atoms with Gasteiger partial charge in [-0.25, -0.2) is 0 Å². The van der Waals surface area contributed by atoms with E-state index in [4.69, 9.17) is 0 Å². The zero-order valence-corrected chi connectivity index (χ0v) is 7.18. The van der Waals surface area contributed by atoms with E-state index >= 15 is 0 Å². The number of hydrogen-bond acceptors (Lipinski definition) is 3. The average Bonchev–Trinajstić information content (AvgIpc) is 2.28. The number of alkyl halides is 2. The van der Waals surface area contributed by atoms with Gasteiger partial charge in [0, 0.05) is 6.42 Å². The van der Waals surface area contributed by atoms with Crippen molar-refractivity contribution >= 4 is 11.8 Å². The SMILES string of the molecule is CCOC(=O)C1CCC(F)(F)C1=O. The van der Waals surface area contributed by atoms with Crippen LogP contribution in [0.4, 0.5) is 8.78 Å². The molecule has 1 atom stereocenters. The van der Waals surface area contributed by atoms with Gasteiger partial charge >= 0.3 is 11.9 Å². The Balaban J connectivity index is 2.65. The molecule has 0 heterocycles. The first-order valence-corrected chi connectivity index (χ1v) is 4.08. The molecule has 1 aliphatic rings. The lowest BCUT2D eigenvalue weighted by Crippen LogP contribution is -2.30. The maximum atomic E-state index is 12.6. The molecular formula is C8H10F2O3. The normalized spacial score (nSPS) is 26.1. The molecule has 1 aliphatic carbocycles. The predicted molar refractivity (Wildman–Crippen MR) is 39.3 cm³/mol. The van der Waals surface area contributed by atoms with E-state index in [9.17, 15) is 18.4 Å². The number of esters is 1. The molecule has 0 aromatic rings. The highest BCUT2D eigenvalue weighted by atomic mass is 19.3. The zero-order valence-electron chi connectivity index (χ0n) is 7.18. The minimum Gasteiger partial charge on any atom is -0.465 e. The van der Waals surface area contributed by atoms with Crippen molar-refractivity contribution in [3.8, 4) is 0 Å². The van der Waals surface area contributed by atoms with Gasteiger partial charge in [-0.3, -0.25) is 9.59 Å². The van der Waals surface area contributed by atoms with Crippen LogP contribution in [0.25, 0.3) is 0 Å². The number of rotatable bonds is 2. The molecule has 1 unspecified atom stereocenters. The van der Waals surface area contributed by atoms with Crippen molar-refractivity contribution in [1.82, 2.24) is 0 Å². The summed E-state index contributed by atoms with van der Waals surface area (Å²) >= 11 is 0. The Morgan fingerprint density at radius 1 is 1.69 bits per heavy atom. The summed E-state index contributed by atoms with van der Waals surface area (Å²) in [5.41, 5.74) is 0. The van der Waals surface area contributed by atoms with Crippen molar-refractivity contribution in [3.63, 3.8) is 0 Å². The Morgan fingerprint density at radius 2 is 2.31 bits per heavy atom. The van der Waals surface area contributed by atoms with Crippen molar-refractivity contribution < 1.29 is 23.1 Å². The van der Waals surface area contributed by atoms with E-state index in [1.807, 2.05) is 0 Å². The van der Waals surface area contributed by atoms with E-state index in [1.54, 1.807) is 6.92 Å². The van der Waals surface area contributed by atoms with E-state index in [1.165, 1.54) is 0 Å². The van der Waals surface area contributed by atoms with Gasteiger partial charge in [0.1, 0.15) is 5.92 Å². The quantitative estimate of drug-likeness (QED) is 0.487. The molecule has 5 heteroatoms. The lowest BCUT2D eigenvalue weighted by atomic mass is 10.1. The molecule has 3 nitrogen and oxygen atoms in total. The molecule has 1 rings (SSSR count). The molecule has 13 heavy (non-hydrogen) atoms. The molecule has 0 aliphatic heterocycles. The van der Waals surface area contributed by atoms with Crippen molar-refractivity contribution in [1.29, 1.82) is 0 Å². The number of ether oxygens (including phenoxy) is 1. The van der Waals surface area contributed by atoms with Crippen LogP contribution < -0.4 is 0 Å². The molecule has 1 fully saturated rings. The number of carbonyl (C=O) groups is 2. The van der Waals surface area contributed by atoms with Crippen LogP contribution in [0.5, 0.6) is 0 Å². The Kier molecular flexibility index (Phi) is 2.63. The summed E-state index contributed by atoms with van der Waals surface area (Å²) in [6.45, 7) is 1.67. The maximum absolute atomic E-state index is 12.6. The van der Waals surface area contributed by atoms with Crippen LogP contribution in [-0.4, -0.2) is 24.3 Å². The summed E-state index contributed by atoms with van der Waals surface area (Å²) in [4.78, 5) is 21.9. The van der Waals surface area contributed by atoms with Gasteiger partial charge in [0.25, 0.3) is 0 Å². The third kappa shape index (κ3) is 1.84. The third-order valence-corrected chi connectivity index (χ3v) is 2.00. The van der Waals surface area contributed by atoms with E-state index in [0.29, 0.717) is 0 Å². The average molecular weight is 192 g/mol. The van der Waals surface area contributed by atoms with Crippen LogP contribution in [0, 0.1) is 5.92 Å². The summed E-state index contributed by atoms with van der Waals surface area (Å²) in [5.74, 6) is -6.72. The van der Waals surface area contributed by atoms with E-state index < -0.39 is 30.0 Å². The summed E-state index contributed by atoms with van der Waals surface area (Å²) < 4.78 is 29.8. The van der Waals surface area contributed by atoms with Crippen molar-refractivity contribution in [3.05, 3.63) is 0 Å². The third-order valence-electron chi connectivity index (χ3n) is 2.00. The van der Waals surface area contributed by atoms with Gasteiger partial charge in [-0.05, 0) is 13.3 Å². The molecule has 0 amide bonds. The molecule has 0 spiro atoms. The van der Waals surface area contributed by atoms with Gasteiger partial charge in [-0.15, -0.1) is 0 Å². The fourth-order valence-electron chi connectivity index (χ4n) is 1.30. The predicted octanol–water partition coefficient (Wildman–Crippen LogP) is 1.16. The summed E-state index contributed by atoms with van der Waals surface area (Å²) in [6.07, 6.45) is -0.653. The van der Waals surface area contributed by atoms with E-state index in [-0.39, 0.29) is 13.0 Å². The summed E-state index contributed by atoms with van der Waals surface area (Å²) in [5, 5.41) is 0. The van der Waals surface area contributed by atoms with Crippen LogP contribution in [0.15, 0.2) is 0 Å². The highest BCUT2D eigenvalue weighted by Crippen LogP contribution is 2.35. The highest BCUT2D eigenvalue weighted by Gasteiger charge is 2.52. The Hall–Kier alpha value is -1.00. The van der Waals surface area contributed by atoms with Gasteiger partial charge in [0.05, 0.1) is 6.61 Å². The van der Waals surface area contributed by atoms with Gasteiger partial charge in [-0.2, -0.15) is 8.78 Å². The van der Waals surface area contributed by atoms with Crippen molar-refractivity contribution in [2.24, 2.45) is 5.92 Å². The first-order valence-electron chi connectivity index (χ1n) is 4.08. The molecule has 1 saturated carbocycles. The molecular weight excluding hydrogens is 182 g/mol. The fourth-order valence-corrected chi connectivity index (χ4v) is 1.30. The number of carbonyl (C=O) groups excluding carboxylic acids is 2. The molecule has 0 bridgehead atoms. The summed E-state index contributed by atoms with van der Waals surface area (Å²) in [7, 11) is 0. The number of Topliss-reactive ketones (excluding diaryl/α,β-unsaturated/α-hetero) is 1. The lowest BCUT2D eigenvalue weighted by molar-refractivity contribution is -0.155. The monoisotopic (exact) mass is 192 g/mol. The standard InChI is InChI=1S/C8H10F2O3/c1-2-13-7(12)5-3-4-8(9,10)6(5)11/h5H,2-4H2,1H3. The molecule has 74 valence electrons. The van der Waals surface area contributed by atoms with Crippen LogP contribution in [0.1, 0.15) is 19.8 Å². The summed E-state index contributed by atoms with van der Waals surface area (Å²) in [6, 6.07) is 0. The Labute approximate surface area is 74.1 Å². The minimum absolute atomic E-state index is 0.105. The maximum Gasteiger partial charge on any atom is 0.316 e. The second-order valence-electron chi connectivity index (χ2n) is 2.91. The van der Waals surface area contributed by atoms with Crippen molar-refractivity contribution in [2.75, 3.05) is 6.61 Å². The van der Waals surface area contributed by atoms with Gasteiger partial charge < -0.3 is 4.74 Å². The van der Waals surface area contributed by atoms with Crippen LogP contribution in [0.3, 0.4) is 0 Å². The lowest BCUT2D eigenvalue weighted by Gasteiger charge is -2.08. The minimum atomic E-state index is -3.34. The molecule has 0 aromatic heterocycles. The van der Waals surface area contributed by atoms with Crippen LogP contribution in [-0.2, 0) is 14.3 Å². The number of halogens is 2. The largest absolute Gasteiger partial charge is 0.465 e. The fraction of sp³-hybridized carbons (Fsp3) is 0.750. The number of ketones is 1. The van der Waals surface area contributed by atoms with Gasteiger partial charge in [-0.1, -0.05) is 0 Å². The first kappa shape index (κ1) is 10.1. The topological polar surface area (TPSA) is 43.4 Å². The molecule has 0 saturated heterocycles. The second-order valence-corrected chi connectivity index (χ2v) is 2.91. The van der Waals surface area contributed by atoms with Gasteiger partial charge in [0.15, 0.2) is 0 Å².